The van der Waals surface area contributed by atoms with Crippen LogP contribution in [0.3, 0.4) is 0 Å². The second-order valence-electron chi connectivity index (χ2n) is 6.31. The molecule has 2 aliphatic rings. The summed E-state index contributed by atoms with van der Waals surface area (Å²) in [5.41, 5.74) is 0. The van der Waals surface area contributed by atoms with Crippen molar-refractivity contribution in [1.82, 2.24) is 14.6 Å². The smallest absolute Gasteiger partial charge is 0.146 e. The average Bonchev–Trinajstić information content (AvgIpc) is 3.04. The highest BCUT2D eigenvalue weighted by Gasteiger charge is 2.37. The molecule has 0 radical (unpaired) electrons. The highest BCUT2D eigenvalue weighted by atomic mass is 32.2. The molecule has 0 amide bonds. The van der Waals surface area contributed by atoms with Gasteiger partial charge in [0.2, 0.25) is 0 Å². The number of benzene rings is 1. The molecule has 2 aliphatic heterocycles. The quantitative estimate of drug-likeness (QED) is 0.932. The largest absolute Gasteiger partial charge is 0.494 e. The molecule has 3 atom stereocenters. The Morgan fingerprint density at radius 3 is 3.00 bits per heavy atom. The van der Waals surface area contributed by atoms with E-state index in [2.05, 4.69) is 14.6 Å². The number of nitrogens with one attached hydrogen (secondary N) is 1. The van der Waals surface area contributed by atoms with Crippen LogP contribution in [-0.2, 0) is 11.0 Å². The number of pyridine rings is 1. The second kappa shape index (κ2) is 6.19. The third-order valence-electron chi connectivity index (χ3n) is 4.99. The maximum Gasteiger partial charge on any atom is 0.146 e. The van der Waals surface area contributed by atoms with E-state index in [9.17, 15) is 4.21 Å². The number of nitrogens with zero attached hydrogens (tertiary/aromatic N) is 2. The lowest BCUT2D eigenvalue weighted by Gasteiger charge is -2.24. The third kappa shape index (κ3) is 2.65. The number of rotatable bonds is 3. The zero-order valence-corrected chi connectivity index (χ0v) is 14.0. The molecule has 0 saturated carbocycles. The van der Waals surface area contributed by atoms with Crippen molar-refractivity contribution < 1.29 is 8.95 Å². The van der Waals surface area contributed by atoms with Crippen molar-refractivity contribution in [3.05, 3.63) is 30.6 Å². The van der Waals surface area contributed by atoms with Gasteiger partial charge in [-0.1, -0.05) is 12.1 Å². The summed E-state index contributed by atoms with van der Waals surface area (Å²) in [5.74, 6) is 1.97. The van der Waals surface area contributed by atoms with Crippen molar-refractivity contribution >= 4 is 21.8 Å². The highest BCUT2D eigenvalue weighted by Crippen LogP contribution is 2.34. The number of methoxy groups -OCH3 is 1. The topological polar surface area (TPSA) is 54.5 Å². The van der Waals surface area contributed by atoms with Crippen LogP contribution in [0.1, 0.15) is 6.42 Å². The van der Waals surface area contributed by atoms with Crippen LogP contribution in [0.15, 0.2) is 35.5 Å². The zero-order chi connectivity index (χ0) is 15.8. The summed E-state index contributed by atoms with van der Waals surface area (Å²) in [7, 11) is 0.467. The first-order valence-electron chi connectivity index (χ1n) is 8.06. The van der Waals surface area contributed by atoms with Gasteiger partial charge in [0, 0.05) is 30.1 Å². The minimum absolute atomic E-state index is 0.617. The molecule has 1 aromatic carbocycles. The van der Waals surface area contributed by atoms with Crippen LogP contribution in [0.5, 0.6) is 5.75 Å². The highest BCUT2D eigenvalue weighted by molar-refractivity contribution is 7.83. The molecule has 0 bridgehead atoms. The van der Waals surface area contributed by atoms with E-state index in [4.69, 9.17) is 4.74 Å². The molecule has 4 rings (SSSR count). The fraction of sp³-hybridized carbons (Fsp3) is 0.471. The van der Waals surface area contributed by atoms with E-state index in [1.807, 2.05) is 18.2 Å². The van der Waals surface area contributed by atoms with Crippen molar-refractivity contribution in [1.29, 1.82) is 0 Å². The first-order valence-corrected chi connectivity index (χ1v) is 9.17. The molecule has 0 spiro atoms. The maximum atomic E-state index is 13.2. The van der Waals surface area contributed by atoms with Gasteiger partial charge in [-0.25, -0.2) is 8.51 Å². The van der Waals surface area contributed by atoms with Crippen LogP contribution in [0.2, 0.25) is 0 Å². The van der Waals surface area contributed by atoms with Crippen molar-refractivity contribution in [2.24, 2.45) is 11.8 Å². The van der Waals surface area contributed by atoms with E-state index in [1.54, 1.807) is 19.5 Å². The second-order valence-corrected chi connectivity index (χ2v) is 7.76. The van der Waals surface area contributed by atoms with Crippen LogP contribution < -0.4 is 10.1 Å². The molecule has 2 saturated heterocycles. The van der Waals surface area contributed by atoms with E-state index in [0.29, 0.717) is 17.6 Å². The van der Waals surface area contributed by atoms with Crippen LogP contribution in [0, 0.1) is 11.8 Å². The summed E-state index contributed by atoms with van der Waals surface area (Å²) in [4.78, 5) is 5.02. The fourth-order valence-corrected chi connectivity index (χ4v) is 5.29. The van der Waals surface area contributed by atoms with Gasteiger partial charge in [-0.3, -0.25) is 4.98 Å². The lowest BCUT2D eigenvalue weighted by Crippen LogP contribution is -2.35. The molecule has 2 fully saturated rings. The van der Waals surface area contributed by atoms with Crippen molar-refractivity contribution in [2.45, 2.75) is 11.3 Å². The van der Waals surface area contributed by atoms with Crippen LogP contribution in [-0.4, -0.2) is 46.8 Å². The van der Waals surface area contributed by atoms with Gasteiger partial charge in [-0.2, -0.15) is 0 Å². The minimum atomic E-state index is -1.16. The van der Waals surface area contributed by atoms with Crippen molar-refractivity contribution in [2.75, 3.05) is 33.3 Å². The number of fused-ring (bicyclic) bond motifs is 2. The van der Waals surface area contributed by atoms with Gasteiger partial charge in [0.15, 0.2) is 0 Å². The van der Waals surface area contributed by atoms with E-state index in [0.717, 1.165) is 41.8 Å². The molecule has 2 aromatic rings. The fourth-order valence-electron chi connectivity index (χ4n) is 3.77. The third-order valence-corrected chi connectivity index (χ3v) is 6.48. The molecule has 0 aliphatic carbocycles. The normalized spacial score (nSPS) is 26.1. The SMILES string of the molecule is COc1cncc2cccc(S(=O)N3CC4CCNCC4C3)c12. The van der Waals surface area contributed by atoms with Crippen molar-refractivity contribution in [3.63, 3.8) is 0 Å². The Hall–Kier alpha value is -1.50. The number of aromatic nitrogens is 1. The molecule has 3 unspecified atom stereocenters. The number of hydrogen-bond acceptors (Lipinski definition) is 4. The lowest BCUT2D eigenvalue weighted by molar-refractivity contribution is 0.318. The molecule has 23 heavy (non-hydrogen) atoms. The summed E-state index contributed by atoms with van der Waals surface area (Å²) in [6.45, 7) is 3.94. The van der Waals surface area contributed by atoms with Gasteiger partial charge in [0.1, 0.15) is 16.7 Å². The van der Waals surface area contributed by atoms with Gasteiger partial charge in [-0.15, -0.1) is 0 Å². The lowest BCUT2D eigenvalue weighted by atomic mass is 9.90. The summed E-state index contributed by atoms with van der Waals surface area (Å²) < 4.78 is 20.8. The van der Waals surface area contributed by atoms with Gasteiger partial charge in [0.05, 0.1) is 18.2 Å². The Labute approximate surface area is 138 Å². The van der Waals surface area contributed by atoms with E-state index < -0.39 is 11.0 Å². The van der Waals surface area contributed by atoms with Crippen LogP contribution in [0.4, 0.5) is 0 Å². The molecule has 122 valence electrons. The Balaban J connectivity index is 1.70. The first kappa shape index (κ1) is 15.1. The Kier molecular flexibility index (Phi) is 4.05. The standard InChI is InChI=1S/C17H21N3O2S/c1-22-15-9-19-7-12-3-2-4-16(17(12)15)23(21)20-10-13-5-6-18-8-14(13)11-20/h2-4,7,9,13-14,18H,5-6,8,10-11H2,1H3. The molecule has 1 N–H and O–H groups in total. The molecule has 5 nitrogen and oxygen atoms in total. The van der Waals surface area contributed by atoms with Gasteiger partial charge in [0.25, 0.3) is 0 Å². The predicted molar refractivity (Wildman–Crippen MR) is 90.7 cm³/mol. The predicted octanol–water partition coefficient (Wildman–Crippen LogP) is 1.81. The van der Waals surface area contributed by atoms with E-state index >= 15 is 0 Å². The van der Waals surface area contributed by atoms with Crippen LogP contribution in [0.25, 0.3) is 10.8 Å². The molecular formula is C17H21N3O2S. The Morgan fingerprint density at radius 1 is 1.30 bits per heavy atom. The average molecular weight is 331 g/mol. The molecule has 3 heterocycles. The molecule has 1 aromatic heterocycles. The Morgan fingerprint density at radius 2 is 2.17 bits per heavy atom. The monoisotopic (exact) mass is 331 g/mol. The minimum Gasteiger partial charge on any atom is -0.494 e. The summed E-state index contributed by atoms with van der Waals surface area (Å²) >= 11 is 0. The van der Waals surface area contributed by atoms with Crippen LogP contribution >= 0.6 is 0 Å². The molecular weight excluding hydrogens is 310 g/mol. The zero-order valence-electron chi connectivity index (χ0n) is 13.2. The van der Waals surface area contributed by atoms with E-state index in [1.165, 1.54) is 6.42 Å². The van der Waals surface area contributed by atoms with E-state index in [-0.39, 0.29) is 0 Å². The Bertz CT molecular complexity index is 732. The molecule has 6 heteroatoms. The van der Waals surface area contributed by atoms with Gasteiger partial charge in [-0.05, 0) is 37.4 Å². The number of ether oxygens (including phenoxy) is 1. The summed E-state index contributed by atoms with van der Waals surface area (Å²) in [5, 5.41) is 5.33. The van der Waals surface area contributed by atoms with Gasteiger partial charge >= 0.3 is 0 Å². The summed E-state index contributed by atoms with van der Waals surface area (Å²) in [6.07, 6.45) is 4.67. The number of hydrogen-bond donors (Lipinski definition) is 1. The van der Waals surface area contributed by atoms with Gasteiger partial charge < -0.3 is 10.1 Å². The van der Waals surface area contributed by atoms with Crippen molar-refractivity contribution in [3.8, 4) is 5.75 Å². The number of piperidine rings is 1. The summed E-state index contributed by atoms with van der Waals surface area (Å²) in [6, 6.07) is 5.88. The maximum absolute atomic E-state index is 13.2. The first-order chi connectivity index (χ1) is 11.3.